The van der Waals surface area contributed by atoms with Gasteiger partial charge in [0.15, 0.2) is 0 Å². The van der Waals surface area contributed by atoms with E-state index in [1.165, 1.54) is 0 Å². The maximum atomic E-state index is 9.35. The van der Waals surface area contributed by atoms with Crippen molar-refractivity contribution in [2.24, 2.45) is 0 Å². The number of pyridine rings is 1. The van der Waals surface area contributed by atoms with Gasteiger partial charge in [-0.25, -0.2) is 0 Å². The van der Waals surface area contributed by atoms with Crippen molar-refractivity contribution in [2.45, 2.75) is 26.9 Å². The Labute approximate surface area is 66.9 Å². The standard InChI is InChI=1S/C9H13NO/c1-6-4-5-10-7(2)9(6)8(3)11/h4-5,8,11H,1-3H3. The van der Waals surface area contributed by atoms with Crippen molar-refractivity contribution in [1.29, 1.82) is 0 Å². The lowest BCUT2D eigenvalue weighted by atomic mass is 10.0. The number of aromatic nitrogens is 1. The summed E-state index contributed by atoms with van der Waals surface area (Å²) in [5.41, 5.74) is 2.97. The molecule has 1 rings (SSSR count). The zero-order chi connectivity index (χ0) is 8.43. The third kappa shape index (κ3) is 1.57. The first-order chi connectivity index (χ1) is 5.13. The third-order valence-corrected chi connectivity index (χ3v) is 1.83. The van der Waals surface area contributed by atoms with Crippen molar-refractivity contribution in [3.63, 3.8) is 0 Å². The van der Waals surface area contributed by atoms with E-state index in [1.807, 2.05) is 19.9 Å². The molecule has 0 spiro atoms. The smallest absolute Gasteiger partial charge is 0.0782 e. The Morgan fingerprint density at radius 2 is 2.09 bits per heavy atom. The summed E-state index contributed by atoms with van der Waals surface area (Å²) in [7, 11) is 0. The zero-order valence-electron chi connectivity index (χ0n) is 7.13. The topological polar surface area (TPSA) is 33.1 Å². The first kappa shape index (κ1) is 8.21. The van der Waals surface area contributed by atoms with E-state index in [1.54, 1.807) is 13.1 Å². The van der Waals surface area contributed by atoms with Crippen LogP contribution in [0.1, 0.15) is 29.8 Å². The molecule has 1 heterocycles. The lowest BCUT2D eigenvalue weighted by Crippen LogP contribution is -1.99. The molecule has 0 aliphatic carbocycles. The molecule has 0 aromatic carbocycles. The van der Waals surface area contributed by atoms with Crippen LogP contribution in [0.5, 0.6) is 0 Å². The minimum atomic E-state index is -0.413. The quantitative estimate of drug-likeness (QED) is 0.663. The van der Waals surface area contributed by atoms with E-state index in [0.29, 0.717) is 0 Å². The van der Waals surface area contributed by atoms with Crippen LogP contribution < -0.4 is 0 Å². The number of aryl methyl sites for hydroxylation is 2. The summed E-state index contributed by atoms with van der Waals surface area (Å²) in [5, 5.41) is 9.35. The summed E-state index contributed by atoms with van der Waals surface area (Å²) in [6.45, 7) is 5.66. The maximum absolute atomic E-state index is 9.35. The highest BCUT2D eigenvalue weighted by Gasteiger charge is 2.07. The molecular weight excluding hydrogens is 138 g/mol. The molecule has 1 atom stereocenters. The highest BCUT2D eigenvalue weighted by Crippen LogP contribution is 2.18. The predicted octanol–water partition coefficient (Wildman–Crippen LogP) is 1.75. The Bertz CT molecular complexity index is 235. The molecule has 0 aliphatic heterocycles. The summed E-state index contributed by atoms with van der Waals surface area (Å²) in [4.78, 5) is 4.10. The van der Waals surface area contributed by atoms with Crippen LogP contribution in [0.25, 0.3) is 0 Å². The molecule has 0 amide bonds. The summed E-state index contributed by atoms with van der Waals surface area (Å²) in [6, 6.07) is 1.91. The first-order valence-corrected chi connectivity index (χ1v) is 3.73. The number of aliphatic hydroxyl groups excluding tert-OH is 1. The SMILES string of the molecule is Cc1ccnc(C)c1C(C)O. The van der Waals surface area contributed by atoms with Gasteiger partial charge in [-0.1, -0.05) is 0 Å². The van der Waals surface area contributed by atoms with Crippen LogP contribution in [-0.2, 0) is 0 Å². The summed E-state index contributed by atoms with van der Waals surface area (Å²) < 4.78 is 0. The van der Waals surface area contributed by atoms with Gasteiger partial charge in [0.05, 0.1) is 6.10 Å². The number of nitrogens with zero attached hydrogens (tertiary/aromatic N) is 1. The summed E-state index contributed by atoms with van der Waals surface area (Å²) in [5.74, 6) is 0. The second-order valence-corrected chi connectivity index (χ2v) is 2.80. The lowest BCUT2D eigenvalue weighted by Gasteiger charge is -2.10. The van der Waals surface area contributed by atoms with Gasteiger partial charge in [-0.15, -0.1) is 0 Å². The van der Waals surface area contributed by atoms with Gasteiger partial charge >= 0.3 is 0 Å². The second kappa shape index (κ2) is 3.01. The molecule has 60 valence electrons. The molecule has 0 bridgehead atoms. The predicted molar refractivity (Wildman–Crippen MR) is 44.3 cm³/mol. The van der Waals surface area contributed by atoms with E-state index in [4.69, 9.17) is 0 Å². The van der Waals surface area contributed by atoms with Crippen LogP contribution in [0.15, 0.2) is 12.3 Å². The van der Waals surface area contributed by atoms with Gasteiger partial charge in [0, 0.05) is 17.5 Å². The largest absolute Gasteiger partial charge is 0.389 e. The Hall–Kier alpha value is -0.890. The fourth-order valence-electron chi connectivity index (χ4n) is 1.34. The number of aliphatic hydroxyl groups is 1. The van der Waals surface area contributed by atoms with Crippen LogP contribution in [-0.4, -0.2) is 10.1 Å². The van der Waals surface area contributed by atoms with Gasteiger partial charge in [-0.05, 0) is 32.4 Å². The monoisotopic (exact) mass is 151 g/mol. The molecular formula is C9H13NO. The van der Waals surface area contributed by atoms with Crippen LogP contribution in [0, 0.1) is 13.8 Å². The average molecular weight is 151 g/mol. The highest BCUT2D eigenvalue weighted by molar-refractivity contribution is 5.29. The van der Waals surface area contributed by atoms with Crippen LogP contribution in [0.4, 0.5) is 0 Å². The van der Waals surface area contributed by atoms with E-state index in [2.05, 4.69) is 4.98 Å². The molecule has 11 heavy (non-hydrogen) atoms. The lowest BCUT2D eigenvalue weighted by molar-refractivity contribution is 0.197. The Morgan fingerprint density at radius 3 is 2.45 bits per heavy atom. The van der Waals surface area contributed by atoms with E-state index in [9.17, 15) is 5.11 Å². The molecule has 2 heteroatoms. The van der Waals surface area contributed by atoms with E-state index in [-0.39, 0.29) is 0 Å². The molecule has 0 saturated heterocycles. The summed E-state index contributed by atoms with van der Waals surface area (Å²) >= 11 is 0. The zero-order valence-corrected chi connectivity index (χ0v) is 7.13. The van der Waals surface area contributed by atoms with Gasteiger partial charge in [-0.2, -0.15) is 0 Å². The van der Waals surface area contributed by atoms with Gasteiger partial charge < -0.3 is 5.11 Å². The number of rotatable bonds is 1. The molecule has 0 fully saturated rings. The van der Waals surface area contributed by atoms with Crippen molar-refractivity contribution in [3.8, 4) is 0 Å². The minimum Gasteiger partial charge on any atom is -0.389 e. The second-order valence-electron chi connectivity index (χ2n) is 2.80. The normalized spacial score (nSPS) is 13.1. The van der Waals surface area contributed by atoms with E-state index < -0.39 is 6.10 Å². The maximum Gasteiger partial charge on any atom is 0.0782 e. The van der Waals surface area contributed by atoms with E-state index >= 15 is 0 Å². The van der Waals surface area contributed by atoms with Gasteiger partial charge in [0.2, 0.25) is 0 Å². The highest BCUT2D eigenvalue weighted by atomic mass is 16.3. The minimum absolute atomic E-state index is 0.413. The number of hydrogen-bond donors (Lipinski definition) is 1. The van der Waals surface area contributed by atoms with Crippen molar-refractivity contribution in [3.05, 3.63) is 29.1 Å². The van der Waals surface area contributed by atoms with Crippen molar-refractivity contribution >= 4 is 0 Å². The fraction of sp³-hybridized carbons (Fsp3) is 0.444. The molecule has 1 aromatic heterocycles. The van der Waals surface area contributed by atoms with Gasteiger partial charge in [-0.3, -0.25) is 4.98 Å². The van der Waals surface area contributed by atoms with Crippen LogP contribution >= 0.6 is 0 Å². The fourth-order valence-corrected chi connectivity index (χ4v) is 1.34. The van der Waals surface area contributed by atoms with Crippen molar-refractivity contribution < 1.29 is 5.11 Å². The van der Waals surface area contributed by atoms with E-state index in [0.717, 1.165) is 16.8 Å². The van der Waals surface area contributed by atoms with Crippen molar-refractivity contribution in [2.75, 3.05) is 0 Å². The Balaban J connectivity index is 3.21. The van der Waals surface area contributed by atoms with Crippen LogP contribution in [0.2, 0.25) is 0 Å². The summed E-state index contributed by atoms with van der Waals surface area (Å²) in [6.07, 6.45) is 1.35. The molecule has 1 unspecified atom stereocenters. The molecule has 0 radical (unpaired) electrons. The van der Waals surface area contributed by atoms with Crippen molar-refractivity contribution in [1.82, 2.24) is 4.98 Å². The average Bonchev–Trinajstić information content (AvgIpc) is 1.85. The molecule has 1 aromatic rings. The molecule has 0 aliphatic rings. The van der Waals surface area contributed by atoms with Gasteiger partial charge in [0.25, 0.3) is 0 Å². The van der Waals surface area contributed by atoms with Crippen LogP contribution in [0.3, 0.4) is 0 Å². The Kier molecular flexibility index (Phi) is 2.25. The van der Waals surface area contributed by atoms with Gasteiger partial charge in [0.1, 0.15) is 0 Å². The molecule has 0 saturated carbocycles. The molecule has 2 nitrogen and oxygen atoms in total. The molecule has 1 N–H and O–H groups in total. The number of hydrogen-bond acceptors (Lipinski definition) is 2. The Morgan fingerprint density at radius 1 is 1.45 bits per heavy atom. The first-order valence-electron chi connectivity index (χ1n) is 3.73. The third-order valence-electron chi connectivity index (χ3n) is 1.83.